The highest BCUT2D eigenvalue weighted by Crippen LogP contribution is 2.49. The third-order valence-electron chi connectivity index (χ3n) is 6.69. The molecule has 2 saturated carbocycles. The van der Waals surface area contributed by atoms with Crippen molar-refractivity contribution in [1.82, 2.24) is 25.1 Å². The molecule has 1 N–H and O–H groups in total. The van der Waals surface area contributed by atoms with Gasteiger partial charge in [-0.2, -0.15) is 0 Å². The maximum absolute atomic E-state index is 12.7. The van der Waals surface area contributed by atoms with Gasteiger partial charge in [0, 0.05) is 24.0 Å². The Balaban J connectivity index is 1.26. The summed E-state index contributed by atoms with van der Waals surface area (Å²) in [7, 11) is 0. The van der Waals surface area contributed by atoms with Crippen LogP contribution in [0.4, 0.5) is 0 Å². The number of amides is 1. The summed E-state index contributed by atoms with van der Waals surface area (Å²) in [4.78, 5) is 16.9. The Kier molecular flexibility index (Phi) is 5.80. The van der Waals surface area contributed by atoms with Crippen LogP contribution in [0.5, 0.6) is 0 Å². The number of carbonyl (C=O) groups excluding carboxylic acids is 1. The normalized spacial score (nSPS) is 23.2. The summed E-state index contributed by atoms with van der Waals surface area (Å²) in [5, 5.41) is 12.7. The van der Waals surface area contributed by atoms with E-state index < -0.39 is 0 Å². The topological polar surface area (TPSA) is 85.8 Å². The summed E-state index contributed by atoms with van der Waals surface area (Å²) in [5.74, 6) is 4.20. The smallest absolute Gasteiger partial charge is 0.230 e. The number of fused-ring (bicyclic) bond motifs is 2. The zero-order chi connectivity index (χ0) is 21.2. The van der Waals surface area contributed by atoms with Crippen molar-refractivity contribution in [3.63, 3.8) is 0 Å². The summed E-state index contributed by atoms with van der Waals surface area (Å²) >= 11 is 1.41. The minimum Gasteiger partial charge on any atom is -0.467 e. The molecule has 2 fully saturated rings. The molecule has 7 nitrogen and oxygen atoms in total. The standard InChI is InChI=1S/C23H27N5O2S/c1-15(20-11-16-6-7-17(20)10-16)25-21(29)14-31-23-27-26-22(18-4-2-8-24-12-18)28(23)13-19-5-3-9-30-19/h2-5,8-9,12,15-17,20H,6-7,10-11,13-14H2,1H3,(H,25,29). The fourth-order valence-corrected chi connectivity index (χ4v) is 5.99. The van der Waals surface area contributed by atoms with E-state index in [0.717, 1.165) is 23.2 Å². The van der Waals surface area contributed by atoms with Crippen LogP contribution in [-0.2, 0) is 11.3 Å². The van der Waals surface area contributed by atoms with Gasteiger partial charge in [-0.1, -0.05) is 18.2 Å². The molecule has 2 bridgehead atoms. The van der Waals surface area contributed by atoms with Crippen molar-refractivity contribution in [2.45, 2.75) is 50.4 Å². The van der Waals surface area contributed by atoms with Crippen molar-refractivity contribution in [2.75, 3.05) is 5.75 Å². The fourth-order valence-electron chi connectivity index (χ4n) is 5.24. The van der Waals surface area contributed by atoms with Crippen LogP contribution in [0.3, 0.4) is 0 Å². The number of nitrogens with zero attached hydrogens (tertiary/aromatic N) is 4. The summed E-state index contributed by atoms with van der Waals surface area (Å²) in [6.07, 6.45) is 10.5. The molecule has 2 aliphatic rings. The number of thioether (sulfide) groups is 1. The fraction of sp³-hybridized carbons (Fsp3) is 0.478. The molecule has 31 heavy (non-hydrogen) atoms. The first-order valence-electron chi connectivity index (χ1n) is 11.0. The van der Waals surface area contributed by atoms with E-state index in [-0.39, 0.29) is 11.9 Å². The minimum absolute atomic E-state index is 0.0516. The highest BCUT2D eigenvalue weighted by atomic mass is 32.2. The monoisotopic (exact) mass is 437 g/mol. The van der Waals surface area contributed by atoms with Crippen LogP contribution in [0, 0.1) is 17.8 Å². The predicted octanol–water partition coefficient (Wildman–Crippen LogP) is 4.01. The Hall–Kier alpha value is -2.61. The Labute approximate surface area is 186 Å². The van der Waals surface area contributed by atoms with Gasteiger partial charge in [0.25, 0.3) is 0 Å². The van der Waals surface area contributed by atoms with Crippen molar-refractivity contribution in [3.05, 3.63) is 48.7 Å². The van der Waals surface area contributed by atoms with Crippen LogP contribution < -0.4 is 5.32 Å². The first-order chi connectivity index (χ1) is 15.2. The van der Waals surface area contributed by atoms with Gasteiger partial charge in [0.2, 0.25) is 5.91 Å². The molecule has 3 aromatic rings. The number of aromatic nitrogens is 4. The molecule has 0 aliphatic heterocycles. The lowest BCUT2D eigenvalue weighted by molar-refractivity contribution is -0.119. The molecule has 5 rings (SSSR count). The van der Waals surface area contributed by atoms with E-state index in [1.807, 2.05) is 28.8 Å². The highest BCUT2D eigenvalue weighted by molar-refractivity contribution is 7.99. The van der Waals surface area contributed by atoms with Crippen molar-refractivity contribution in [1.29, 1.82) is 0 Å². The van der Waals surface area contributed by atoms with Crippen LogP contribution in [0.25, 0.3) is 11.4 Å². The van der Waals surface area contributed by atoms with E-state index in [2.05, 4.69) is 27.4 Å². The molecule has 8 heteroatoms. The van der Waals surface area contributed by atoms with Gasteiger partial charge >= 0.3 is 0 Å². The zero-order valence-corrected chi connectivity index (χ0v) is 18.4. The van der Waals surface area contributed by atoms with Gasteiger partial charge in [0.05, 0.1) is 18.6 Å². The lowest BCUT2D eigenvalue weighted by Gasteiger charge is -2.28. The summed E-state index contributed by atoms with van der Waals surface area (Å²) in [5.41, 5.74) is 0.878. The number of hydrogen-bond donors (Lipinski definition) is 1. The number of rotatable bonds is 8. The molecule has 2 aliphatic carbocycles. The van der Waals surface area contributed by atoms with E-state index >= 15 is 0 Å². The average Bonchev–Trinajstić information content (AvgIpc) is 3.58. The minimum atomic E-state index is 0.0516. The van der Waals surface area contributed by atoms with Gasteiger partial charge in [0.15, 0.2) is 11.0 Å². The molecule has 3 heterocycles. The highest BCUT2D eigenvalue weighted by Gasteiger charge is 2.42. The van der Waals surface area contributed by atoms with Crippen LogP contribution in [0.15, 0.2) is 52.5 Å². The maximum atomic E-state index is 12.7. The Bertz CT molecular complexity index is 1020. The van der Waals surface area contributed by atoms with Crippen LogP contribution in [0.1, 0.15) is 38.4 Å². The third-order valence-corrected chi connectivity index (χ3v) is 7.65. The Morgan fingerprint density at radius 1 is 1.29 bits per heavy atom. The molecule has 0 radical (unpaired) electrons. The third kappa shape index (κ3) is 4.39. The summed E-state index contributed by atoms with van der Waals surface area (Å²) in [6.45, 7) is 2.66. The molecule has 162 valence electrons. The number of carbonyl (C=O) groups is 1. The number of furan rings is 1. The second-order valence-electron chi connectivity index (χ2n) is 8.70. The number of nitrogens with one attached hydrogen (secondary N) is 1. The summed E-state index contributed by atoms with van der Waals surface area (Å²) in [6, 6.07) is 7.84. The quantitative estimate of drug-likeness (QED) is 0.536. The molecule has 0 saturated heterocycles. The largest absolute Gasteiger partial charge is 0.467 e. The maximum Gasteiger partial charge on any atom is 0.230 e. The second kappa shape index (κ2) is 8.86. The molecule has 4 unspecified atom stereocenters. The first kappa shape index (κ1) is 20.3. The molecule has 0 aromatic carbocycles. The zero-order valence-electron chi connectivity index (χ0n) is 17.6. The number of hydrogen-bond acceptors (Lipinski definition) is 6. The Morgan fingerprint density at radius 3 is 2.94 bits per heavy atom. The van der Waals surface area contributed by atoms with Crippen LogP contribution >= 0.6 is 11.8 Å². The van der Waals surface area contributed by atoms with Crippen molar-refractivity contribution >= 4 is 17.7 Å². The molecule has 3 aromatic heterocycles. The van der Waals surface area contributed by atoms with E-state index in [1.165, 1.54) is 37.4 Å². The molecular weight excluding hydrogens is 410 g/mol. The average molecular weight is 438 g/mol. The van der Waals surface area contributed by atoms with Gasteiger partial charge in [-0.3, -0.25) is 14.3 Å². The van der Waals surface area contributed by atoms with Crippen LogP contribution in [0.2, 0.25) is 0 Å². The second-order valence-corrected chi connectivity index (χ2v) is 9.64. The lowest BCUT2D eigenvalue weighted by Crippen LogP contribution is -2.40. The van der Waals surface area contributed by atoms with E-state index in [4.69, 9.17) is 4.42 Å². The van der Waals surface area contributed by atoms with E-state index in [0.29, 0.717) is 29.2 Å². The summed E-state index contributed by atoms with van der Waals surface area (Å²) < 4.78 is 7.51. The van der Waals surface area contributed by atoms with Crippen LogP contribution in [-0.4, -0.2) is 37.5 Å². The Morgan fingerprint density at radius 2 is 2.23 bits per heavy atom. The SMILES string of the molecule is CC(NC(=O)CSc1nnc(-c2cccnc2)n1Cc1ccco1)C1CC2CCC1C2. The van der Waals surface area contributed by atoms with Gasteiger partial charge in [-0.05, 0) is 68.2 Å². The predicted molar refractivity (Wildman–Crippen MR) is 118 cm³/mol. The molecule has 1 amide bonds. The molecular formula is C23H27N5O2S. The van der Waals surface area contributed by atoms with Gasteiger partial charge in [-0.25, -0.2) is 0 Å². The van der Waals surface area contributed by atoms with Gasteiger partial charge < -0.3 is 9.73 Å². The lowest BCUT2D eigenvalue weighted by atomic mass is 9.84. The van der Waals surface area contributed by atoms with E-state index in [1.54, 1.807) is 18.7 Å². The first-order valence-corrected chi connectivity index (χ1v) is 11.9. The van der Waals surface area contributed by atoms with E-state index in [9.17, 15) is 4.79 Å². The molecule has 4 atom stereocenters. The number of pyridine rings is 1. The van der Waals surface area contributed by atoms with Gasteiger partial charge in [-0.15, -0.1) is 10.2 Å². The molecule has 0 spiro atoms. The van der Waals surface area contributed by atoms with Crippen molar-refractivity contribution < 1.29 is 9.21 Å². The van der Waals surface area contributed by atoms with Crippen molar-refractivity contribution in [3.8, 4) is 11.4 Å². The van der Waals surface area contributed by atoms with Crippen molar-refractivity contribution in [2.24, 2.45) is 17.8 Å². The van der Waals surface area contributed by atoms with Gasteiger partial charge in [0.1, 0.15) is 5.76 Å².